The van der Waals surface area contributed by atoms with Crippen molar-refractivity contribution in [2.75, 3.05) is 111 Å². The minimum absolute atomic E-state index is 0.0346. The molecule has 3 aliphatic heterocycles. The van der Waals surface area contributed by atoms with Gasteiger partial charge in [-0.3, -0.25) is 28.9 Å². The molecule has 5 heterocycles. The van der Waals surface area contributed by atoms with Gasteiger partial charge in [-0.05, 0) is 47.9 Å². The Balaban J connectivity index is 0.671. The number of nitrogens with zero attached hydrogens (tertiary/aromatic N) is 6. The van der Waals surface area contributed by atoms with Gasteiger partial charge in [-0.2, -0.15) is 0 Å². The Kier molecular flexibility index (Phi) is 22.4. The Hall–Kier alpha value is -6.02. The zero-order valence-electron chi connectivity index (χ0n) is 45.3. The Bertz CT molecular complexity index is 2600. The third kappa shape index (κ3) is 17.7. The number of amides is 5. The van der Waals surface area contributed by atoms with E-state index in [9.17, 15) is 34.2 Å². The van der Waals surface area contributed by atoms with E-state index in [2.05, 4.69) is 53.3 Å². The molecular formula is C55H76N10O12S. The Morgan fingerprint density at radius 2 is 1.47 bits per heavy atom. The molecule has 5 amide bonds. The highest BCUT2D eigenvalue weighted by Gasteiger charge is 2.45. The van der Waals surface area contributed by atoms with Crippen LogP contribution in [0.1, 0.15) is 73.0 Å². The normalized spacial score (nSPS) is 17.9. The molecule has 2 saturated heterocycles. The van der Waals surface area contributed by atoms with Gasteiger partial charge in [-0.15, -0.1) is 11.3 Å². The lowest BCUT2D eigenvalue weighted by molar-refractivity contribution is -0.144. The monoisotopic (exact) mass is 1100 g/mol. The quantitative estimate of drug-likeness (QED) is 0.0425. The zero-order valence-corrected chi connectivity index (χ0v) is 46.1. The van der Waals surface area contributed by atoms with Crippen LogP contribution >= 0.6 is 11.3 Å². The number of aliphatic hydroxyl groups is 2. The number of hydrogen-bond donors (Lipinski definition) is 6. The maximum atomic E-state index is 14.0. The van der Waals surface area contributed by atoms with E-state index < -0.39 is 47.4 Å². The molecule has 22 nitrogen and oxygen atoms in total. The molecule has 0 saturated carbocycles. The number of fused-ring (bicyclic) bond motifs is 1. The number of aliphatic hydroxyl groups excluding tert-OH is 2. The van der Waals surface area contributed by atoms with Gasteiger partial charge in [-0.1, -0.05) is 69.3 Å². The number of likely N-dealkylation sites (tertiary alicyclic amines) is 2. The van der Waals surface area contributed by atoms with E-state index in [1.54, 1.807) is 22.3 Å². The van der Waals surface area contributed by atoms with Gasteiger partial charge >= 0.3 is 0 Å². The molecular weight excluding hydrogens is 1020 g/mol. The van der Waals surface area contributed by atoms with Gasteiger partial charge in [0.1, 0.15) is 43.1 Å². The molecule has 2 aromatic heterocycles. The molecule has 0 bridgehead atoms. The van der Waals surface area contributed by atoms with Crippen LogP contribution in [0.25, 0.3) is 10.4 Å². The second-order valence-electron chi connectivity index (χ2n) is 20.9. The third-order valence-electron chi connectivity index (χ3n) is 13.7. The topological polar surface area (TPSA) is 268 Å². The molecule has 4 aromatic rings. The molecule has 424 valence electrons. The number of aromatic nitrogens is 3. The number of ether oxygens (including phenoxy) is 5. The second-order valence-corrected chi connectivity index (χ2v) is 21.7. The molecule has 23 heteroatoms. The van der Waals surface area contributed by atoms with Crippen molar-refractivity contribution >= 4 is 46.7 Å². The van der Waals surface area contributed by atoms with E-state index in [1.807, 2.05) is 76.5 Å². The number of anilines is 1. The summed E-state index contributed by atoms with van der Waals surface area (Å²) in [7, 11) is 0. The first-order valence-electron chi connectivity index (χ1n) is 26.6. The number of nitrogens with one attached hydrogen (secondary N) is 4. The van der Waals surface area contributed by atoms with Crippen LogP contribution in [0.3, 0.4) is 0 Å². The maximum Gasteiger partial charge on any atom is 0.270 e. The predicted molar refractivity (Wildman–Crippen MR) is 290 cm³/mol. The summed E-state index contributed by atoms with van der Waals surface area (Å²) in [5.74, 6) is -1.44. The van der Waals surface area contributed by atoms with Crippen LogP contribution < -0.4 is 21.3 Å². The largest absolute Gasteiger partial charge is 0.391 e. The van der Waals surface area contributed by atoms with Crippen molar-refractivity contribution in [3.8, 4) is 10.4 Å². The van der Waals surface area contributed by atoms with E-state index in [0.29, 0.717) is 51.9 Å². The number of benzene rings is 2. The SMILES string of the molecule is Cc1ncsc1-c1ccc([C@H](C)NC(=O)[C@@H]2C[C@@H](O)CN2C(=O)[C@@H](NC(=O)COCCOCCOCCOCCOCC(=O)N2CC(Nc3cc(C(=O)NC[C@@H](O)CN4CCc5ccccc5C4)ncn3)C2)C(C)(C)C)cc1. The summed E-state index contributed by atoms with van der Waals surface area (Å²) in [5.41, 5.74) is 6.74. The smallest absolute Gasteiger partial charge is 0.270 e. The summed E-state index contributed by atoms with van der Waals surface area (Å²) in [6.07, 6.45) is 0.690. The van der Waals surface area contributed by atoms with E-state index >= 15 is 0 Å². The molecule has 7 rings (SSSR count). The molecule has 0 radical (unpaired) electrons. The van der Waals surface area contributed by atoms with Gasteiger partial charge in [-0.25, -0.2) is 15.0 Å². The number of carbonyl (C=O) groups is 5. The highest BCUT2D eigenvalue weighted by molar-refractivity contribution is 7.13. The van der Waals surface area contributed by atoms with Crippen LogP contribution in [-0.2, 0) is 55.8 Å². The summed E-state index contributed by atoms with van der Waals surface area (Å²) >= 11 is 1.57. The number of thiazole rings is 1. The molecule has 0 spiro atoms. The fourth-order valence-corrected chi connectivity index (χ4v) is 10.1. The van der Waals surface area contributed by atoms with Crippen molar-refractivity contribution in [2.45, 2.75) is 90.4 Å². The minimum atomic E-state index is -0.988. The Morgan fingerprint density at radius 1 is 0.821 bits per heavy atom. The van der Waals surface area contributed by atoms with Gasteiger partial charge in [0.25, 0.3) is 5.91 Å². The highest BCUT2D eigenvalue weighted by Crippen LogP contribution is 2.30. The van der Waals surface area contributed by atoms with Crippen molar-refractivity contribution in [2.24, 2.45) is 5.41 Å². The van der Waals surface area contributed by atoms with Gasteiger partial charge in [0.2, 0.25) is 23.6 Å². The molecule has 6 N–H and O–H groups in total. The lowest BCUT2D eigenvalue weighted by atomic mass is 9.85. The standard InChI is InChI=1S/C55H76N10O12S/c1-36(38-10-12-40(13-11-38)50-37(2)59-35-78-50)60-53(71)46-24-43(66)31-65(46)54(72)51(55(3,4)5)62-48(68)32-76-22-20-74-18-16-73-17-19-75-21-23-77-33-49(69)64-28-42(29-64)61-47-25-45(57-34-58-47)52(70)56-26-44(67)30-63-15-14-39-8-6-7-9-41(39)27-63/h6-13,25,34-36,42-44,46,51,66-67H,14-24,26-33H2,1-5H3,(H,56,70)(H,60,71)(H,62,68)(H,57,58,61)/t36-,43+,44+,46-,51+/m0/s1. The lowest BCUT2D eigenvalue weighted by Gasteiger charge is -2.39. The first-order chi connectivity index (χ1) is 37.5. The minimum Gasteiger partial charge on any atom is -0.391 e. The summed E-state index contributed by atoms with van der Waals surface area (Å²) in [5, 5.41) is 33.0. The van der Waals surface area contributed by atoms with Gasteiger partial charge in [0.15, 0.2) is 0 Å². The van der Waals surface area contributed by atoms with Gasteiger partial charge in [0.05, 0.1) is 93.2 Å². The number of hydrogen-bond acceptors (Lipinski definition) is 18. The summed E-state index contributed by atoms with van der Waals surface area (Å²) in [6, 6.07) is 15.4. The summed E-state index contributed by atoms with van der Waals surface area (Å²) < 4.78 is 27.7. The van der Waals surface area contributed by atoms with E-state index in [1.165, 1.54) is 22.4 Å². The second kappa shape index (κ2) is 29.3. The van der Waals surface area contributed by atoms with E-state index in [-0.39, 0.29) is 88.7 Å². The Morgan fingerprint density at radius 3 is 2.13 bits per heavy atom. The maximum absolute atomic E-state index is 14.0. The molecule has 0 aliphatic carbocycles. The highest BCUT2D eigenvalue weighted by atomic mass is 32.1. The number of rotatable bonds is 29. The fourth-order valence-electron chi connectivity index (χ4n) is 9.33. The van der Waals surface area contributed by atoms with Crippen LogP contribution in [0.15, 0.2) is 66.4 Å². The van der Waals surface area contributed by atoms with Gasteiger partial charge < -0.3 is 65.0 Å². The summed E-state index contributed by atoms with van der Waals surface area (Å²) in [4.78, 5) is 85.0. The molecule has 0 unspecified atom stereocenters. The molecule has 2 fully saturated rings. The van der Waals surface area contributed by atoms with Crippen molar-refractivity contribution in [1.29, 1.82) is 0 Å². The number of β-amino-alcohol motifs (C(OH)–C–C–N with tert-alkyl or cyclic N) is 2. The van der Waals surface area contributed by atoms with Crippen molar-refractivity contribution in [3.63, 3.8) is 0 Å². The molecule has 3 aliphatic rings. The zero-order chi connectivity index (χ0) is 55.6. The molecule has 78 heavy (non-hydrogen) atoms. The Labute approximate surface area is 459 Å². The lowest BCUT2D eigenvalue weighted by Crippen LogP contribution is -2.58. The molecule has 2 aromatic carbocycles. The average molecular weight is 1100 g/mol. The van der Waals surface area contributed by atoms with Gasteiger partial charge in [0, 0.05) is 58.3 Å². The van der Waals surface area contributed by atoms with Crippen LogP contribution in [0.5, 0.6) is 0 Å². The first-order valence-corrected chi connectivity index (χ1v) is 27.5. The third-order valence-corrected chi connectivity index (χ3v) is 14.6. The summed E-state index contributed by atoms with van der Waals surface area (Å²) in [6.45, 7) is 14.1. The number of aryl methyl sites for hydroxylation is 1. The van der Waals surface area contributed by atoms with Crippen molar-refractivity contribution < 1.29 is 57.9 Å². The fraction of sp³-hybridized carbons (Fsp3) is 0.564. The van der Waals surface area contributed by atoms with Crippen LogP contribution in [0, 0.1) is 12.3 Å². The first kappa shape index (κ1) is 59.6. The van der Waals surface area contributed by atoms with Crippen molar-refractivity contribution in [3.05, 3.63) is 94.5 Å². The number of carbonyl (C=O) groups excluding carboxylic acids is 5. The van der Waals surface area contributed by atoms with E-state index in [0.717, 1.165) is 41.2 Å². The predicted octanol–water partition coefficient (Wildman–Crippen LogP) is 2.13. The van der Waals surface area contributed by atoms with E-state index in [4.69, 9.17) is 23.7 Å². The molecule has 5 atom stereocenters. The van der Waals surface area contributed by atoms with Crippen LogP contribution in [0.2, 0.25) is 0 Å². The average Bonchev–Trinajstić information content (AvgIpc) is 4.05. The van der Waals surface area contributed by atoms with Crippen LogP contribution in [0.4, 0.5) is 5.82 Å². The van der Waals surface area contributed by atoms with Crippen LogP contribution in [-0.4, -0.2) is 205 Å². The van der Waals surface area contributed by atoms with Crippen molar-refractivity contribution in [1.82, 2.24) is 45.6 Å².